The van der Waals surface area contributed by atoms with Crippen molar-refractivity contribution < 1.29 is 14.3 Å². The van der Waals surface area contributed by atoms with Gasteiger partial charge in [0, 0.05) is 50.0 Å². The molecule has 9 nitrogen and oxygen atoms in total. The maximum absolute atomic E-state index is 9.60. The van der Waals surface area contributed by atoms with Gasteiger partial charge in [0.25, 0.3) is 6.47 Å². The smallest absolute Gasteiger partial charge is 0.293 e. The lowest BCUT2D eigenvalue weighted by atomic mass is 10.0. The second kappa shape index (κ2) is 12.7. The lowest BCUT2D eigenvalue weighted by molar-refractivity contribution is -0.138. The largest absolute Gasteiger partial charge is 0.495 e. The molecule has 0 radical (unpaired) electrons. The van der Waals surface area contributed by atoms with E-state index in [9.17, 15) is 4.79 Å². The summed E-state index contributed by atoms with van der Waals surface area (Å²) in [5, 5.41) is 5.59. The number of carbonyl (C=O) groups excluding carboxylic acids is 1. The van der Waals surface area contributed by atoms with E-state index in [0.717, 1.165) is 62.1 Å². The molecule has 2 aromatic carbocycles. The molecule has 1 N–H and O–H groups in total. The molecule has 0 aliphatic rings. The van der Waals surface area contributed by atoms with Crippen LogP contribution >= 0.6 is 0 Å². The number of rotatable bonds is 7. The van der Waals surface area contributed by atoms with Gasteiger partial charge in [-0.25, -0.2) is 15.0 Å². The SMILES string of the molecule is CC(C)(C)OC=O.COc1cc(-c2cnc(C)n2C)ccc1Nc1cc2cc(-c3ccc(N(C)C)nc3)ccc2cn1. The number of carbonyl (C=O) groups is 1. The predicted octanol–water partition coefficient (Wildman–Crippen LogP) is 6.78. The number of nitrogens with zero attached hydrogens (tertiary/aromatic N) is 5. The molecule has 0 saturated carbocycles. The van der Waals surface area contributed by atoms with Crippen molar-refractivity contribution in [1.29, 1.82) is 0 Å². The molecule has 0 bridgehead atoms. The van der Waals surface area contributed by atoms with Gasteiger partial charge < -0.3 is 24.3 Å². The first-order valence-corrected chi connectivity index (χ1v) is 13.6. The number of pyridine rings is 2. The van der Waals surface area contributed by atoms with Gasteiger partial charge >= 0.3 is 0 Å². The second-order valence-electron chi connectivity index (χ2n) is 11.0. The Kier molecular flexibility index (Phi) is 9.10. The van der Waals surface area contributed by atoms with Gasteiger partial charge in [-0.05, 0) is 75.0 Å². The molecule has 9 heteroatoms. The summed E-state index contributed by atoms with van der Waals surface area (Å²) in [6.07, 6.45) is 5.67. The van der Waals surface area contributed by atoms with Gasteiger partial charge in [0.15, 0.2) is 0 Å². The summed E-state index contributed by atoms with van der Waals surface area (Å²) >= 11 is 0. The molecule has 0 saturated heterocycles. The van der Waals surface area contributed by atoms with Crippen molar-refractivity contribution in [2.75, 3.05) is 31.4 Å². The molecule has 0 amide bonds. The maximum Gasteiger partial charge on any atom is 0.293 e. The monoisotopic (exact) mass is 566 g/mol. The number of fused-ring (bicyclic) bond motifs is 1. The van der Waals surface area contributed by atoms with Crippen LogP contribution in [0.1, 0.15) is 26.6 Å². The van der Waals surface area contributed by atoms with Crippen LogP contribution < -0.4 is 15.0 Å². The van der Waals surface area contributed by atoms with Crippen LogP contribution in [0.2, 0.25) is 0 Å². The number of methoxy groups -OCH3 is 1. The van der Waals surface area contributed by atoms with Crippen molar-refractivity contribution in [2.24, 2.45) is 7.05 Å². The zero-order valence-corrected chi connectivity index (χ0v) is 25.5. The van der Waals surface area contributed by atoms with Crippen molar-refractivity contribution in [3.05, 3.63) is 79.0 Å². The summed E-state index contributed by atoms with van der Waals surface area (Å²) in [5.41, 5.74) is 4.80. The Morgan fingerprint density at radius 1 is 0.857 bits per heavy atom. The summed E-state index contributed by atoms with van der Waals surface area (Å²) < 4.78 is 12.3. The number of anilines is 3. The lowest BCUT2D eigenvalue weighted by Crippen LogP contribution is -2.17. The van der Waals surface area contributed by atoms with Crippen LogP contribution in [0.5, 0.6) is 5.75 Å². The average molecular weight is 567 g/mol. The minimum Gasteiger partial charge on any atom is -0.495 e. The Balaban J connectivity index is 0.000000517. The van der Waals surface area contributed by atoms with Crippen molar-refractivity contribution in [3.8, 4) is 28.1 Å². The van der Waals surface area contributed by atoms with Crippen LogP contribution in [0.4, 0.5) is 17.3 Å². The van der Waals surface area contributed by atoms with Crippen LogP contribution in [0.25, 0.3) is 33.2 Å². The Morgan fingerprint density at radius 2 is 1.60 bits per heavy atom. The molecule has 5 rings (SSSR count). The zero-order chi connectivity index (χ0) is 30.4. The quantitative estimate of drug-likeness (QED) is 0.215. The molecule has 0 spiro atoms. The first kappa shape index (κ1) is 30.0. The Hall–Kier alpha value is -4.92. The number of aromatic nitrogens is 4. The first-order valence-electron chi connectivity index (χ1n) is 13.6. The fourth-order valence-corrected chi connectivity index (χ4v) is 4.22. The molecule has 0 fully saturated rings. The van der Waals surface area contributed by atoms with Crippen LogP contribution in [-0.2, 0) is 16.6 Å². The highest BCUT2D eigenvalue weighted by molar-refractivity contribution is 5.89. The Labute approximate surface area is 247 Å². The van der Waals surface area contributed by atoms with Gasteiger partial charge in [0.2, 0.25) is 0 Å². The van der Waals surface area contributed by atoms with Crippen LogP contribution in [0, 0.1) is 6.92 Å². The highest BCUT2D eigenvalue weighted by Crippen LogP contribution is 2.33. The van der Waals surface area contributed by atoms with E-state index in [-0.39, 0.29) is 5.60 Å². The van der Waals surface area contributed by atoms with Crippen LogP contribution in [-0.4, -0.2) is 52.8 Å². The molecule has 0 aliphatic heterocycles. The number of imidazole rings is 1. The van der Waals surface area contributed by atoms with E-state index < -0.39 is 0 Å². The number of aryl methyl sites for hydroxylation is 1. The van der Waals surface area contributed by atoms with Gasteiger partial charge in [0.1, 0.15) is 28.8 Å². The molecule has 42 heavy (non-hydrogen) atoms. The molecule has 218 valence electrons. The van der Waals surface area contributed by atoms with E-state index in [2.05, 4.69) is 66.0 Å². The van der Waals surface area contributed by atoms with Crippen molar-refractivity contribution in [2.45, 2.75) is 33.3 Å². The van der Waals surface area contributed by atoms with E-state index in [1.165, 1.54) is 0 Å². The van der Waals surface area contributed by atoms with Gasteiger partial charge in [-0.2, -0.15) is 0 Å². The molecular weight excluding hydrogens is 528 g/mol. The predicted molar refractivity (Wildman–Crippen MR) is 169 cm³/mol. The van der Waals surface area contributed by atoms with Crippen LogP contribution in [0.3, 0.4) is 0 Å². The fraction of sp³-hybridized carbons (Fsp3) is 0.273. The van der Waals surface area contributed by atoms with E-state index in [1.807, 2.05) is 90.5 Å². The highest BCUT2D eigenvalue weighted by atomic mass is 16.5. The zero-order valence-electron chi connectivity index (χ0n) is 25.5. The van der Waals surface area contributed by atoms with Gasteiger partial charge in [-0.3, -0.25) is 4.79 Å². The van der Waals surface area contributed by atoms with Crippen molar-refractivity contribution in [3.63, 3.8) is 0 Å². The Morgan fingerprint density at radius 3 is 2.17 bits per heavy atom. The summed E-state index contributed by atoms with van der Waals surface area (Å²) in [7, 11) is 7.66. The van der Waals surface area contributed by atoms with Gasteiger partial charge in [-0.15, -0.1) is 0 Å². The minimum absolute atomic E-state index is 0.318. The number of nitrogens with one attached hydrogen (secondary N) is 1. The number of ether oxygens (including phenoxy) is 2. The molecule has 0 aliphatic carbocycles. The van der Waals surface area contributed by atoms with E-state index >= 15 is 0 Å². The van der Waals surface area contributed by atoms with E-state index in [4.69, 9.17) is 4.74 Å². The van der Waals surface area contributed by atoms with Crippen molar-refractivity contribution in [1.82, 2.24) is 19.5 Å². The fourth-order valence-electron chi connectivity index (χ4n) is 4.22. The van der Waals surface area contributed by atoms with E-state index in [0.29, 0.717) is 6.47 Å². The summed E-state index contributed by atoms with van der Waals surface area (Å²) in [6, 6.07) is 18.6. The van der Waals surface area contributed by atoms with Gasteiger partial charge in [-0.1, -0.05) is 18.2 Å². The summed E-state index contributed by atoms with van der Waals surface area (Å²) in [4.78, 5) is 25.1. The molecule has 0 atom stereocenters. The number of hydrogen-bond acceptors (Lipinski definition) is 8. The normalized spacial score (nSPS) is 11.0. The number of benzene rings is 2. The number of hydrogen-bond donors (Lipinski definition) is 1. The molecule has 3 aromatic heterocycles. The molecule has 3 heterocycles. The Bertz CT molecular complexity index is 1670. The topological polar surface area (TPSA) is 94.4 Å². The highest BCUT2D eigenvalue weighted by Gasteiger charge is 2.11. The summed E-state index contributed by atoms with van der Waals surface area (Å²) in [6.45, 7) is 7.91. The lowest BCUT2D eigenvalue weighted by Gasteiger charge is -2.14. The molecular formula is C33H38N6O3. The molecule has 5 aromatic rings. The summed E-state index contributed by atoms with van der Waals surface area (Å²) in [5.74, 6) is 3.39. The third-order valence-electron chi connectivity index (χ3n) is 6.64. The third-order valence-corrected chi connectivity index (χ3v) is 6.64. The molecule has 0 unspecified atom stereocenters. The second-order valence-corrected chi connectivity index (χ2v) is 11.0. The minimum atomic E-state index is -0.318. The first-order chi connectivity index (χ1) is 20.0. The maximum atomic E-state index is 9.60. The standard InChI is InChI=1S/C28H28N6O.C5H10O2/c1-18-29-17-25(34(18)4)20-8-10-24(26(13-20)35-5)32-27-14-23-12-19(6-7-22(23)15-30-27)21-9-11-28(31-16-21)33(2)3;1-5(2,3)7-4-6/h6-17H,1-5H3,(H,30,32);4H,1-3H3. The van der Waals surface area contributed by atoms with Gasteiger partial charge in [0.05, 0.1) is 24.7 Å². The third kappa shape index (κ3) is 7.23. The van der Waals surface area contributed by atoms with Crippen molar-refractivity contribution >= 4 is 34.6 Å². The average Bonchev–Trinajstić information content (AvgIpc) is 3.30. The van der Waals surface area contributed by atoms with E-state index in [1.54, 1.807) is 7.11 Å². The van der Waals surface area contributed by atoms with Crippen LogP contribution in [0.15, 0.2) is 73.2 Å².